The lowest BCUT2D eigenvalue weighted by atomic mass is 9.77. The normalized spacial score (nSPS) is 20.2. The molecule has 1 aromatic heterocycles. The van der Waals surface area contributed by atoms with Crippen LogP contribution in [0.3, 0.4) is 0 Å². The SMILES string of the molecule is Cc1ccc(C2c3c(n(C)c(=O)n(C)c3=O)OC23C(=O)N(C)CN(C)C3=O)cc1. The van der Waals surface area contributed by atoms with Crippen LogP contribution in [0.1, 0.15) is 22.6 Å². The molecule has 1 spiro atoms. The number of benzene rings is 1. The second-order valence-corrected chi connectivity index (χ2v) is 7.75. The third-order valence-electron chi connectivity index (χ3n) is 5.76. The molecule has 4 rings (SSSR count). The molecule has 1 aromatic carbocycles. The van der Waals surface area contributed by atoms with Gasteiger partial charge in [-0.3, -0.25) is 23.5 Å². The highest BCUT2D eigenvalue weighted by Crippen LogP contribution is 2.49. The fraction of sp³-hybridized carbons (Fsp3) is 0.400. The number of aromatic nitrogens is 2. The fourth-order valence-corrected chi connectivity index (χ4v) is 4.24. The first-order valence-corrected chi connectivity index (χ1v) is 9.18. The van der Waals surface area contributed by atoms with Crippen molar-refractivity contribution in [3.05, 3.63) is 61.8 Å². The van der Waals surface area contributed by atoms with Gasteiger partial charge in [0.15, 0.2) is 0 Å². The second kappa shape index (κ2) is 6.07. The van der Waals surface area contributed by atoms with Crippen LogP contribution in [0.5, 0.6) is 5.88 Å². The zero-order valence-corrected chi connectivity index (χ0v) is 16.9. The summed E-state index contributed by atoms with van der Waals surface area (Å²) in [5.41, 5.74) is -1.44. The van der Waals surface area contributed by atoms with Crippen LogP contribution in [0.15, 0.2) is 33.9 Å². The fourth-order valence-electron chi connectivity index (χ4n) is 4.24. The minimum Gasteiger partial charge on any atom is -0.450 e. The summed E-state index contributed by atoms with van der Waals surface area (Å²) in [6, 6.07) is 7.25. The molecule has 1 atom stereocenters. The maximum atomic E-state index is 13.4. The van der Waals surface area contributed by atoms with E-state index in [1.54, 1.807) is 26.2 Å². The first-order chi connectivity index (χ1) is 13.6. The first-order valence-electron chi connectivity index (χ1n) is 9.18. The Bertz CT molecular complexity index is 1140. The van der Waals surface area contributed by atoms with E-state index in [0.717, 1.165) is 10.1 Å². The van der Waals surface area contributed by atoms with Crippen LogP contribution in [0.4, 0.5) is 0 Å². The van der Waals surface area contributed by atoms with Crippen molar-refractivity contribution in [2.45, 2.75) is 18.4 Å². The molecule has 0 aliphatic carbocycles. The van der Waals surface area contributed by atoms with Crippen molar-refractivity contribution in [3.8, 4) is 5.88 Å². The first kappa shape index (κ1) is 19.0. The number of amides is 2. The Kier molecular flexibility index (Phi) is 3.97. The number of carbonyl (C=O) groups is 2. The van der Waals surface area contributed by atoms with Crippen LogP contribution in [-0.2, 0) is 23.7 Å². The summed E-state index contributed by atoms with van der Waals surface area (Å²) in [5.74, 6) is -2.11. The summed E-state index contributed by atoms with van der Waals surface area (Å²) in [6.45, 7) is 2.02. The Labute approximate surface area is 166 Å². The summed E-state index contributed by atoms with van der Waals surface area (Å²) in [4.78, 5) is 55.1. The topological polar surface area (TPSA) is 93.8 Å². The largest absolute Gasteiger partial charge is 0.450 e. The molecular formula is C20H22N4O5. The molecule has 1 unspecified atom stereocenters. The average molecular weight is 398 g/mol. The molecular weight excluding hydrogens is 376 g/mol. The highest BCUT2D eigenvalue weighted by atomic mass is 16.5. The Morgan fingerprint density at radius 1 is 0.897 bits per heavy atom. The summed E-state index contributed by atoms with van der Waals surface area (Å²) in [6.07, 6.45) is 0. The number of ether oxygens (including phenoxy) is 1. The lowest BCUT2D eigenvalue weighted by Gasteiger charge is -2.43. The number of hydrogen-bond donors (Lipinski definition) is 0. The van der Waals surface area contributed by atoms with Crippen LogP contribution in [-0.4, -0.2) is 57.1 Å². The van der Waals surface area contributed by atoms with E-state index >= 15 is 0 Å². The molecule has 152 valence electrons. The molecule has 3 heterocycles. The van der Waals surface area contributed by atoms with E-state index in [4.69, 9.17) is 4.74 Å². The van der Waals surface area contributed by atoms with Crippen molar-refractivity contribution in [2.24, 2.45) is 14.1 Å². The van der Waals surface area contributed by atoms with E-state index in [1.165, 1.54) is 28.5 Å². The molecule has 9 nitrogen and oxygen atoms in total. The van der Waals surface area contributed by atoms with Gasteiger partial charge in [-0.25, -0.2) is 4.79 Å². The van der Waals surface area contributed by atoms with Crippen molar-refractivity contribution in [2.75, 3.05) is 20.8 Å². The molecule has 9 heteroatoms. The number of carbonyl (C=O) groups excluding carboxylic acids is 2. The van der Waals surface area contributed by atoms with Crippen LogP contribution >= 0.6 is 0 Å². The maximum Gasteiger partial charge on any atom is 0.333 e. The molecule has 29 heavy (non-hydrogen) atoms. The van der Waals surface area contributed by atoms with E-state index < -0.39 is 34.6 Å². The molecule has 2 aromatic rings. The molecule has 1 saturated heterocycles. The third-order valence-corrected chi connectivity index (χ3v) is 5.76. The van der Waals surface area contributed by atoms with Gasteiger partial charge in [-0.2, -0.15) is 0 Å². The monoisotopic (exact) mass is 398 g/mol. The lowest BCUT2D eigenvalue weighted by molar-refractivity contribution is -0.172. The van der Waals surface area contributed by atoms with Gasteiger partial charge in [-0.1, -0.05) is 29.8 Å². The highest BCUT2D eigenvalue weighted by Gasteiger charge is 2.66. The number of nitrogens with zero attached hydrogens (tertiary/aromatic N) is 4. The molecule has 0 radical (unpaired) electrons. The Balaban J connectivity index is 2.11. The summed E-state index contributed by atoms with van der Waals surface area (Å²) < 4.78 is 8.15. The van der Waals surface area contributed by atoms with Crippen molar-refractivity contribution >= 4 is 11.8 Å². The van der Waals surface area contributed by atoms with E-state index in [0.29, 0.717) is 5.56 Å². The Morgan fingerprint density at radius 2 is 1.45 bits per heavy atom. The standard InChI is InChI=1S/C20H22N4O5/c1-11-6-8-12(9-7-11)14-13-15(25)23(4)19(28)24(5)16(13)29-20(14)17(26)21(2)10-22(3)18(20)27/h6-9,14H,10H2,1-5H3. The summed E-state index contributed by atoms with van der Waals surface area (Å²) in [5, 5.41) is 0. The summed E-state index contributed by atoms with van der Waals surface area (Å²) >= 11 is 0. The predicted molar refractivity (Wildman–Crippen MR) is 104 cm³/mol. The zero-order valence-electron chi connectivity index (χ0n) is 16.9. The number of rotatable bonds is 1. The number of aryl methyl sites for hydroxylation is 1. The van der Waals surface area contributed by atoms with Gasteiger partial charge in [0.1, 0.15) is 0 Å². The van der Waals surface area contributed by atoms with Crippen molar-refractivity contribution in [3.63, 3.8) is 0 Å². The van der Waals surface area contributed by atoms with Crippen LogP contribution in [0, 0.1) is 6.92 Å². The van der Waals surface area contributed by atoms with Crippen LogP contribution < -0.4 is 16.0 Å². The van der Waals surface area contributed by atoms with Gasteiger partial charge >= 0.3 is 5.69 Å². The molecule has 2 aliphatic heterocycles. The van der Waals surface area contributed by atoms with Gasteiger partial charge in [-0.15, -0.1) is 0 Å². The molecule has 2 amide bonds. The minimum atomic E-state index is -1.98. The highest BCUT2D eigenvalue weighted by molar-refractivity contribution is 6.12. The predicted octanol–water partition coefficient (Wildman–Crippen LogP) is -0.457. The van der Waals surface area contributed by atoms with Gasteiger partial charge in [0, 0.05) is 28.2 Å². The van der Waals surface area contributed by atoms with Gasteiger partial charge in [0.05, 0.1) is 18.2 Å². The Hall–Kier alpha value is -3.36. The summed E-state index contributed by atoms with van der Waals surface area (Å²) in [7, 11) is 5.97. The van der Waals surface area contributed by atoms with Gasteiger partial charge in [0.25, 0.3) is 23.0 Å². The molecule has 0 saturated carbocycles. The van der Waals surface area contributed by atoms with Gasteiger partial charge in [-0.05, 0) is 12.5 Å². The quantitative estimate of drug-likeness (QED) is 0.606. The van der Waals surface area contributed by atoms with Crippen LogP contribution in [0.25, 0.3) is 0 Å². The maximum absolute atomic E-state index is 13.4. The van der Waals surface area contributed by atoms with E-state index in [-0.39, 0.29) is 18.1 Å². The number of fused-ring (bicyclic) bond motifs is 1. The Morgan fingerprint density at radius 3 is 2.00 bits per heavy atom. The van der Waals surface area contributed by atoms with Gasteiger partial charge in [0.2, 0.25) is 5.88 Å². The molecule has 0 N–H and O–H groups in total. The van der Waals surface area contributed by atoms with Gasteiger partial charge < -0.3 is 14.5 Å². The molecule has 2 aliphatic rings. The van der Waals surface area contributed by atoms with E-state index in [2.05, 4.69) is 0 Å². The zero-order chi connectivity index (χ0) is 21.2. The third kappa shape index (κ3) is 2.33. The van der Waals surface area contributed by atoms with Crippen molar-refractivity contribution in [1.82, 2.24) is 18.9 Å². The number of likely N-dealkylation sites (N-methyl/N-ethyl adjacent to an activating group) is 2. The lowest BCUT2D eigenvalue weighted by Crippen LogP contribution is -2.68. The van der Waals surface area contributed by atoms with Crippen molar-refractivity contribution in [1.29, 1.82) is 0 Å². The molecule has 1 fully saturated rings. The second-order valence-electron chi connectivity index (χ2n) is 7.75. The van der Waals surface area contributed by atoms with E-state index in [9.17, 15) is 19.2 Å². The van der Waals surface area contributed by atoms with Crippen molar-refractivity contribution < 1.29 is 14.3 Å². The van der Waals surface area contributed by atoms with E-state index in [1.807, 2.05) is 19.1 Å². The smallest absolute Gasteiger partial charge is 0.333 e. The number of hydrogen-bond acceptors (Lipinski definition) is 5. The van der Waals surface area contributed by atoms with Crippen LogP contribution in [0.2, 0.25) is 0 Å². The average Bonchev–Trinajstić information content (AvgIpc) is 3.06. The minimum absolute atomic E-state index is 0.0472. The molecule has 0 bridgehead atoms.